The van der Waals surface area contributed by atoms with Crippen LogP contribution < -0.4 is 0 Å². The molecule has 0 saturated carbocycles. The maximum absolute atomic E-state index is 5.99. The van der Waals surface area contributed by atoms with Crippen molar-refractivity contribution >= 4 is 8.80 Å². The zero-order valence-corrected chi connectivity index (χ0v) is 21.9. The van der Waals surface area contributed by atoms with Gasteiger partial charge in [0.1, 0.15) is 0 Å². The van der Waals surface area contributed by atoms with Crippen molar-refractivity contribution in [3.05, 3.63) is 0 Å². The van der Waals surface area contributed by atoms with Crippen molar-refractivity contribution < 1.29 is 17.8 Å². The SMILES string of the molecule is CCCCCCCCCCCCC[N+](C)(C)CCC[Si](OCC)(OCC)OCC. The second kappa shape index (κ2) is 18.8. The van der Waals surface area contributed by atoms with Crippen LogP contribution in [0.5, 0.6) is 0 Å². The fourth-order valence-corrected chi connectivity index (χ4v) is 6.63. The van der Waals surface area contributed by atoms with E-state index < -0.39 is 8.80 Å². The van der Waals surface area contributed by atoms with Gasteiger partial charge in [-0.2, -0.15) is 0 Å². The van der Waals surface area contributed by atoms with E-state index in [9.17, 15) is 0 Å². The Bertz CT molecular complexity index is 336. The van der Waals surface area contributed by atoms with Gasteiger partial charge in [-0.05, 0) is 33.6 Å². The van der Waals surface area contributed by atoms with Crippen LogP contribution in [0.15, 0.2) is 0 Å². The zero-order valence-electron chi connectivity index (χ0n) is 20.9. The molecule has 0 fully saturated rings. The molecule has 0 aliphatic rings. The third-order valence-electron chi connectivity index (χ3n) is 5.71. The van der Waals surface area contributed by atoms with Crippen molar-refractivity contribution in [2.75, 3.05) is 47.0 Å². The van der Waals surface area contributed by atoms with E-state index in [1.807, 2.05) is 20.8 Å². The van der Waals surface area contributed by atoms with Crippen molar-refractivity contribution in [1.29, 1.82) is 0 Å². The molecule has 0 aromatic carbocycles. The lowest BCUT2D eigenvalue weighted by atomic mass is 10.1. The summed E-state index contributed by atoms with van der Waals surface area (Å²) < 4.78 is 19.0. The Morgan fingerprint density at radius 2 is 0.897 bits per heavy atom. The average Bonchev–Trinajstić information content (AvgIpc) is 2.66. The van der Waals surface area contributed by atoms with Crippen LogP contribution in [0, 0.1) is 0 Å². The van der Waals surface area contributed by atoms with E-state index in [4.69, 9.17) is 13.3 Å². The Hall–Kier alpha value is 0.0569. The molecule has 0 N–H and O–H groups in total. The largest absolute Gasteiger partial charge is 0.501 e. The summed E-state index contributed by atoms with van der Waals surface area (Å²) in [4.78, 5) is 0. The summed E-state index contributed by atoms with van der Waals surface area (Å²) >= 11 is 0. The van der Waals surface area contributed by atoms with E-state index in [-0.39, 0.29) is 0 Å². The molecule has 5 heteroatoms. The standard InChI is InChI=1S/C24H54NO3Si/c1-7-11-12-13-14-15-16-17-18-19-20-22-25(5,6)23-21-24-29(26-8-2,27-9-3)28-10-4/h7-24H2,1-6H3/q+1. The lowest BCUT2D eigenvalue weighted by Gasteiger charge is -2.32. The van der Waals surface area contributed by atoms with Crippen molar-refractivity contribution in [1.82, 2.24) is 0 Å². The number of nitrogens with zero attached hydrogens (tertiary/aromatic N) is 1. The van der Waals surface area contributed by atoms with Gasteiger partial charge in [0.25, 0.3) is 0 Å². The molecule has 4 nitrogen and oxygen atoms in total. The van der Waals surface area contributed by atoms with Crippen LogP contribution in [-0.4, -0.2) is 60.3 Å². The lowest BCUT2D eigenvalue weighted by Crippen LogP contribution is -2.48. The summed E-state index contributed by atoms with van der Waals surface area (Å²) in [6.07, 6.45) is 16.6. The summed E-state index contributed by atoms with van der Waals surface area (Å²) in [5.74, 6) is 0. The number of hydrogen-bond donors (Lipinski definition) is 0. The summed E-state index contributed by atoms with van der Waals surface area (Å²) in [5, 5.41) is 0. The van der Waals surface area contributed by atoms with Gasteiger partial charge in [-0.1, -0.05) is 64.7 Å². The highest BCUT2D eigenvalue weighted by molar-refractivity contribution is 6.60. The first-order valence-electron chi connectivity index (χ1n) is 12.7. The summed E-state index contributed by atoms with van der Waals surface area (Å²) in [6, 6.07) is 0.933. The van der Waals surface area contributed by atoms with Gasteiger partial charge >= 0.3 is 8.80 Å². The molecule has 176 valence electrons. The second-order valence-corrected chi connectivity index (χ2v) is 11.7. The minimum Gasteiger partial charge on any atom is -0.374 e. The molecule has 0 radical (unpaired) electrons. The summed E-state index contributed by atoms with van der Waals surface area (Å²) in [6.45, 7) is 12.8. The molecule has 0 rings (SSSR count). The van der Waals surface area contributed by atoms with Gasteiger partial charge < -0.3 is 17.8 Å². The molecular weight excluding hydrogens is 378 g/mol. The van der Waals surface area contributed by atoms with Crippen LogP contribution in [0.2, 0.25) is 6.04 Å². The third-order valence-corrected chi connectivity index (χ3v) is 8.86. The average molecular weight is 433 g/mol. The van der Waals surface area contributed by atoms with Crippen molar-refractivity contribution in [2.24, 2.45) is 0 Å². The first kappa shape index (κ1) is 29.1. The van der Waals surface area contributed by atoms with Gasteiger partial charge in [-0.15, -0.1) is 0 Å². The van der Waals surface area contributed by atoms with E-state index in [1.165, 1.54) is 83.7 Å². The fraction of sp³-hybridized carbons (Fsp3) is 1.00. The Labute approximate surface area is 184 Å². The molecule has 29 heavy (non-hydrogen) atoms. The number of unbranched alkanes of at least 4 members (excludes halogenated alkanes) is 10. The predicted molar refractivity (Wildman–Crippen MR) is 128 cm³/mol. The van der Waals surface area contributed by atoms with E-state index >= 15 is 0 Å². The van der Waals surface area contributed by atoms with Crippen molar-refractivity contribution in [2.45, 2.75) is 111 Å². The van der Waals surface area contributed by atoms with Crippen LogP contribution in [0.1, 0.15) is 105 Å². The maximum Gasteiger partial charge on any atom is 0.501 e. The van der Waals surface area contributed by atoms with Gasteiger partial charge in [0.05, 0.1) is 27.2 Å². The first-order chi connectivity index (χ1) is 13.9. The molecule has 0 unspecified atom stereocenters. The highest BCUT2D eigenvalue weighted by Crippen LogP contribution is 2.20. The minimum atomic E-state index is -2.47. The zero-order chi connectivity index (χ0) is 21.8. The Morgan fingerprint density at radius 3 is 1.31 bits per heavy atom. The summed E-state index contributed by atoms with van der Waals surface area (Å²) in [7, 11) is 2.25. The highest BCUT2D eigenvalue weighted by atomic mass is 28.4. The fourth-order valence-electron chi connectivity index (χ4n) is 4.04. The molecule has 0 aliphatic heterocycles. The number of rotatable bonds is 22. The van der Waals surface area contributed by atoms with Gasteiger partial charge in [-0.25, -0.2) is 0 Å². The molecule has 0 saturated heterocycles. The molecular formula is C24H54NO3Si+. The predicted octanol–water partition coefficient (Wildman–Crippen LogP) is 6.81. The Balaban J connectivity index is 3.88. The van der Waals surface area contributed by atoms with Crippen LogP contribution >= 0.6 is 0 Å². The molecule has 0 aliphatic carbocycles. The van der Waals surface area contributed by atoms with Gasteiger partial charge in [0.15, 0.2) is 0 Å². The molecule has 0 spiro atoms. The number of hydrogen-bond acceptors (Lipinski definition) is 3. The molecule has 0 bridgehead atoms. The van der Waals surface area contributed by atoms with Crippen molar-refractivity contribution in [3.63, 3.8) is 0 Å². The quantitative estimate of drug-likeness (QED) is 0.107. The smallest absolute Gasteiger partial charge is 0.374 e. The minimum absolute atomic E-state index is 0.670. The third kappa shape index (κ3) is 16.4. The molecule has 0 amide bonds. The van der Waals surface area contributed by atoms with E-state index in [1.54, 1.807) is 0 Å². The second-order valence-electron chi connectivity index (χ2n) is 9.00. The Morgan fingerprint density at radius 1 is 0.517 bits per heavy atom. The van der Waals surface area contributed by atoms with E-state index in [0.29, 0.717) is 19.8 Å². The van der Waals surface area contributed by atoms with Gasteiger partial charge in [0, 0.05) is 32.3 Å². The molecule has 0 aromatic heterocycles. The van der Waals surface area contributed by atoms with Crippen LogP contribution in [-0.2, 0) is 13.3 Å². The normalized spacial score (nSPS) is 12.6. The monoisotopic (exact) mass is 432 g/mol. The topological polar surface area (TPSA) is 27.7 Å². The van der Waals surface area contributed by atoms with Gasteiger partial charge in [-0.3, -0.25) is 0 Å². The van der Waals surface area contributed by atoms with Crippen LogP contribution in [0.25, 0.3) is 0 Å². The van der Waals surface area contributed by atoms with E-state index in [2.05, 4.69) is 21.0 Å². The lowest BCUT2D eigenvalue weighted by molar-refractivity contribution is -0.890. The molecule has 0 atom stereocenters. The van der Waals surface area contributed by atoms with Crippen molar-refractivity contribution in [3.8, 4) is 0 Å². The van der Waals surface area contributed by atoms with Crippen LogP contribution in [0.3, 0.4) is 0 Å². The Kier molecular flexibility index (Phi) is 18.8. The van der Waals surface area contributed by atoms with Crippen LogP contribution in [0.4, 0.5) is 0 Å². The molecule has 0 aromatic rings. The van der Waals surface area contributed by atoms with E-state index in [0.717, 1.165) is 16.9 Å². The maximum atomic E-state index is 5.99. The highest BCUT2D eigenvalue weighted by Gasteiger charge is 2.40. The summed E-state index contributed by atoms with van der Waals surface area (Å²) in [5.41, 5.74) is 0. The first-order valence-corrected chi connectivity index (χ1v) is 14.6. The van der Waals surface area contributed by atoms with Gasteiger partial charge in [0.2, 0.25) is 0 Å². The number of quaternary nitrogens is 1. The molecule has 0 heterocycles.